The largest absolute Gasteiger partial charge is 0.490 e. The molecule has 0 heterocycles. The highest BCUT2D eigenvalue weighted by molar-refractivity contribution is 6.31. The monoisotopic (exact) mass is 391 g/mol. The quantitative estimate of drug-likeness (QED) is 0.608. The Kier molecular flexibility index (Phi) is 7.31. The van der Waals surface area contributed by atoms with Crippen LogP contribution in [0.1, 0.15) is 24.2 Å². The third-order valence-corrected chi connectivity index (χ3v) is 3.75. The van der Waals surface area contributed by atoms with Crippen LogP contribution in [-0.2, 0) is 4.79 Å². The molecule has 0 saturated carbocycles. The summed E-state index contributed by atoms with van der Waals surface area (Å²) in [5.41, 5.74) is 6.55. The zero-order valence-electron chi connectivity index (χ0n) is 15.2. The maximum absolute atomic E-state index is 12.2. The van der Waals surface area contributed by atoms with Gasteiger partial charge in [0.1, 0.15) is 0 Å². The van der Waals surface area contributed by atoms with Crippen molar-refractivity contribution in [3.8, 4) is 11.5 Å². The Bertz CT molecular complexity index is 827. The molecule has 2 aromatic carbocycles. The van der Waals surface area contributed by atoms with E-state index >= 15 is 0 Å². The van der Waals surface area contributed by atoms with Crippen LogP contribution < -0.4 is 25.8 Å². The molecule has 0 aliphatic heterocycles. The van der Waals surface area contributed by atoms with Crippen LogP contribution in [0, 0.1) is 0 Å². The van der Waals surface area contributed by atoms with Crippen LogP contribution in [-0.4, -0.2) is 31.6 Å². The number of nitrogens with two attached hydrogens (primary N) is 1. The van der Waals surface area contributed by atoms with Crippen molar-refractivity contribution in [3.05, 3.63) is 47.0 Å². The van der Waals surface area contributed by atoms with E-state index in [1.54, 1.807) is 30.3 Å². The Labute approximate surface area is 162 Å². The first-order chi connectivity index (χ1) is 12.9. The smallest absolute Gasteiger partial charge is 0.250 e. The van der Waals surface area contributed by atoms with Gasteiger partial charge in [-0.1, -0.05) is 11.6 Å². The van der Waals surface area contributed by atoms with Gasteiger partial charge in [-0.25, -0.2) is 0 Å². The van der Waals surface area contributed by atoms with Gasteiger partial charge < -0.3 is 25.8 Å². The molecular formula is C19H22ClN3O4. The third kappa shape index (κ3) is 5.79. The average molecular weight is 392 g/mol. The van der Waals surface area contributed by atoms with Gasteiger partial charge in [-0.05, 0) is 44.2 Å². The number of nitrogens with one attached hydrogen (secondary N) is 2. The minimum atomic E-state index is -0.631. The highest BCUT2D eigenvalue weighted by Gasteiger charge is 2.12. The summed E-state index contributed by atoms with van der Waals surface area (Å²) in [6.07, 6.45) is 0. The Morgan fingerprint density at radius 2 is 1.74 bits per heavy atom. The summed E-state index contributed by atoms with van der Waals surface area (Å²) in [5, 5.41) is 6.03. The Morgan fingerprint density at radius 1 is 1.04 bits per heavy atom. The molecule has 0 aromatic heterocycles. The average Bonchev–Trinajstić information content (AvgIpc) is 2.63. The molecule has 4 N–H and O–H groups in total. The van der Waals surface area contributed by atoms with Crippen molar-refractivity contribution in [2.45, 2.75) is 13.8 Å². The van der Waals surface area contributed by atoms with E-state index in [-0.39, 0.29) is 18.0 Å². The van der Waals surface area contributed by atoms with Crippen molar-refractivity contribution in [1.29, 1.82) is 0 Å². The molecular weight excluding hydrogens is 370 g/mol. The molecule has 8 heteroatoms. The highest BCUT2D eigenvalue weighted by atomic mass is 35.5. The fraction of sp³-hybridized carbons (Fsp3) is 0.263. The van der Waals surface area contributed by atoms with Crippen LogP contribution in [0.2, 0.25) is 5.02 Å². The van der Waals surface area contributed by atoms with Gasteiger partial charge in [0.15, 0.2) is 11.5 Å². The Hall–Kier alpha value is -2.93. The molecule has 2 aromatic rings. The predicted molar refractivity (Wildman–Crippen MR) is 106 cm³/mol. The molecule has 0 saturated heterocycles. The molecule has 2 rings (SSSR count). The summed E-state index contributed by atoms with van der Waals surface area (Å²) in [6.45, 7) is 4.69. The minimum absolute atomic E-state index is 0.0565. The summed E-state index contributed by atoms with van der Waals surface area (Å²) >= 11 is 5.87. The molecule has 0 aliphatic carbocycles. The fourth-order valence-corrected chi connectivity index (χ4v) is 2.56. The summed E-state index contributed by atoms with van der Waals surface area (Å²) in [5.74, 6) is 0.238. The zero-order chi connectivity index (χ0) is 19.8. The van der Waals surface area contributed by atoms with Crippen LogP contribution in [0.25, 0.3) is 0 Å². The second-order valence-electron chi connectivity index (χ2n) is 5.48. The lowest BCUT2D eigenvalue weighted by molar-refractivity contribution is -0.114. The first-order valence-corrected chi connectivity index (χ1v) is 8.85. The van der Waals surface area contributed by atoms with Gasteiger partial charge >= 0.3 is 0 Å². The van der Waals surface area contributed by atoms with E-state index in [0.29, 0.717) is 41.1 Å². The van der Waals surface area contributed by atoms with Crippen LogP contribution in [0.15, 0.2) is 36.4 Å². The molecule has 2 amide bonds. The third-order valence-electron chi connectivity index (χ3n) is 3.51. The van der Waals surface area contributed by atoms with Crippen LogP contribution in [0.3, 0.4) is 0 Å². The number of anilines is 2. The number of primary amides is 1. The van der Waals surface area contributed by atoms with Crippen molar-refractivity contribution in [1.82, 2.24) is 0 Å². The Balaban J connectivity index is 2.04. The molecule has 0 atom stereocenters. The molecule has 0 spiro atoms. The van der Waals surface area contributed by atoms with Gasteiger partial charge in [0.2, 0.25) is 5.91 Å². The summed E-state index contributed by atoms with van der Waals surface area (Å²) < 4.78 is 11.0. The van der Waals surface area contributed by atoms with E-state index in [1.807, 2.05) is 13.8 Å². The van der Waals surface area contributed by atoms with Crippen LogP contribution >= 0.6 is 11.6 Å². The molecule has 0 fully saturated rings. The maximum Gasteiger partial charge on any atom is 0.250 e. The highest BCUT2D eigenvalue weighted by Crippen LogP contribution is 2.30. The predicted octanol–water partition coefficient (Wildman–Crippen LogP) is 3.29. The van der Waals surface area contributed by atoms with Crippen LogP contribution in [0.5, 0.6) is 11.5 Å². The Morgan fingerprint density at radius 3 is 2.41 bits per heavy atom. The number of hydrogen-bond donors (Lipinski definition) is 3. The van der Waals surface area contributed by atoms with Gasteiger partial charge in [0.05, 0.1) is 25.3 Å². The number of carbonyl (C=O) groups is 2. The number of rotatable bonds is 9. The zero-order valence-corrected chi connectivity index (χ0v) is 15.9. The second kappa shape index (κ2) is 9.68. The normalized spacial score (nSPS) is 10.2. The van der Waals surface area contributed by atoms with E-state index in [4.69, 9.17) is 26.8 Å². The molecule has 0 bridgehead atoms. The van der Waals surface area contributed by atoms with Crippen molar-refractivity contribution in [2.24, 2.45) is 5.73 Å². The van der Waals surface area contributed by atoms with Crippen molar-refractivity contribution in [3.63, 3.8) is 0 Å². The summed E-state index contributed by atoms with van der Waals surface area (Å²) in [6, 6.07) is 9.81. The topological polar surface area (TPSA) is 103 Å². The second-order valence-corrected chi connectivity index (χ2v) is 5.92. The van der Waals surface area contributed by atoms with Crippen molar-refractivity contribution < 1.29 is 19.1 Å². The molecule has 0 radical (unpaired) electrons. The van der Waals surface area contributed by atoms with Crippen molar-refractivity contribution in [2.75, 3.05) is 30.4 Å². The van der Waals surface area contributed by atoms with Gasteiger partial charge in [0.25, 0.3) is 5.91 Å². The lowest BCUT2D eigenvalue weighted by Gasteiger charge is -2.14. The van der Waals surface area contributed by atoms with Gasteiger partial charge in [-0.15, -0.1) is 0 Å². The number of hydrogen-bond acceptors (Lipinski definition) is 5. The lowest BCUT2D eigenvalue weighted by Crippen LogP contribution is -2.23. The van der Waals surface area contributed by atoms with E-state index in [1.165, 1.54) is 6.07 Å². The number of carbonyl (C=O) groups excluding carboxylic acids is 2. The summed E-state index contributed by atoms with van der Waals surface area (Å²) in [4.78, 5) is 23.7. The maximum atomic E-state index is 12.2. The van der Waals surface area contributed by atoms with E-state index in [2.05, 4.69) is 10.6 Å². The molecule has 0 unspecified atom stereocenters. The molecule has 0 aliphatic rings. The van der Waals surface area contributed by atoms with Gasteiger partial charge in [0, 0.05) is 22.5 Å². The number of benzene rings is 2. The fourth-order valence-electron chi connectivity index (χ4n) is 2.38. The van der Waals surface area contributed by atoms with Crippen LogP contribution in [0.4, 0.5) is 11.4 Å². The lowest BCUT2D eigenvalue weighted by atomic mass is 10.1. The number of ether oxygens (including phenoxy) is 2. The van der Waals surface area contributed by atoms with Gasteiger partial charge in [-0.2, -0.15) is 0 Å². The van der Waals surface area contributed by atoms with Gasteiger partial charge in [-0.3, -0.25) is 9.59 Å². The molecule has 27 heavy (non-hydrogen) atoms. The number of halogens is 1. The number of amides is 2. The van der Waals surface area contributed by atoms with E-state index in [9.17, 15) is 9.59 Å². The van der Waals surface area contributed by atoms with E-state index < -0.39 is 5.91 Å². The molecule has 144 valence electrons. The standard InChI is InChI=1S/C19H22ClN3O4/c1-3-26-16-8-6-13(10-17(16)27-4-2)23-18(24)11-22-15-7-5-12(20)9-14(15)19(21)25/h5-10,22H,3-4,11H2,1-2H3,(H2,21,25)(H,23,24). The summed E-state index contributed by atoms with van der Waals surface area (Å²) in [7, 11) is 0. The first kappa shape index (κ1) is 20.4. The molecule has 7 nitrogen and oxygen atoms in total. The van der Waals surface area contributed by atoms with Crippen molar-refractivity contribution >= 4 is 34.8 Å². The van der Waals surface area contributed by atoms with E-state index in [0.717, 1.165) is 0 Å². The first-order valence-electron chi connectivity index (χ1n) is 8.47. The minimum Gasteiger partial charge on any atom is -0.490 e. The SMILES string of the molecule is CCOc1ccc(NC(=O)CNc2ccc(Cl)cc2C(N)=O)cc1OCC.